The molecule has 7 nitrogen and oxygen atoms in total. The van der Waals surface area contributed by atoms with Crippen molar-refractivity contribution in [2.24, 2.45) is 7.05 Å². The van der Waals surface area contributed by atoms with Gasteiger partial charge in [-0.1, -0.05) is 12.8 Å². The molecule has 1 aliphatic heterocycles. The van der Waals surface area contributed by atoms with Crippen LogP contribution in [-0.4, -0.2) is 64.0 Å². The van der Waals surface area contributed by atoms with E-state index in [9.17, 15) is 0 Å². The van der Waals surface area contributed by atoms with E-state index in [2.05, 4.69) is 15.3 Å². The first-order valence-corrected chi connectivity index (χ1v) is 9.05. The Morgan fingerprint density at radius 1 is 1.21 bits per heavy atom. The van der Waals surface area contributed by atoms with Crippen LogP contribution in [0.5, 0.6) is 0 Å². The molecule has 0 radical (unpaired) electrons. The topological polar surface area (TPSA) is 68.1 Å². The zero-order valence-electron chi connectivity index (χ0n) is 14.4. The van der Waals surface area contributed by atoms with Crippen LogP contribution < -0.4 is 5.32 Å². The average molecular weight is 330 g/mol. The highest BCUT2D eigenvalue weighted by molar-refractivity contribution is 5.86. The summed E-state index contributed by atoms with van der Waals surface area (Å²) in [5.41, 5.74) is 0.931. The average Bonchev–Trinajstić information content (AvgIpc) is 3.26. The van der Waals surface area contributed by atoms with Gasteiger partial charge in [0, 0.05) is 39.1 Å². The van der Waals surface area contributed by atoms with Crippen LogP contribution in [0.4, 0.5) is 5.82 Å². The molecule has 24 heavy (non-hydrogen) atoms. The van der Waals surface area contributed by atoms with Gasteiger partial charge < -0.3 is 10.1 Å². The van der Waals surface area contributed by atoms with Gasteiger partial charge in [0.2, 0.25) is 0 Å². The van der Waals surface area contributed by atoms with Crippen LogP contribution in [0.2, 0.25) is 0 Å². The monoisotopic (exact) mass is 330 g/mol. The molecule has 0 spiro atoms. The number of ether oxygens (including phenoxy) is 1. The van der Waals surface area contributed by atoms with Crippen molar-refractivity contribution in [3.8, 4) is 0 Å². The van der Waals surface area contributed by atoms with Crippen LogP contribution in [0.15, 0.2) is 6.20 Å². The number of rotatable bonds is 5. The number of hydrogen-bond donors (Lipinski definition) is 1. The highest BCUT2D eigenvalue weighted by atomic mass is 16.5. The fraction of sp³-hybridized carbons (Fsp3) is 0.706. The van der Waals surface area contributed by atoms with Crippen LogP contribution in [0.1, 0.15) is 37.4 Å². The lowest BCUT2D eigenvalue weighted by atomic mass is 10.1. The van der Waals surface area contributed by atoms with Crippen molar-refractivity contribution in [3.63, 3.8) is 0 Å². The van der Waals surface area contributed by atoms with Crippen LogP contribution in [0.3, 0.4) is 0 Å². The fourth-order valence-electron chi connectivity index (χ4n) is 3.70. The Morgan fingerprint density at radius 3 is 2.79 bits per heavy atom. The molecule has 130 valence electrons. The lowest BCUT2D eigenvalue weighted by molar-refractivity contribution is 0.0398. The summed E-state index contributed by atoms with van der Waals surface area (Å²) in [5.74, 6) is 2.42. The summed E-state index contributed by atoms with van der Waals surface area (Å²) >= 11 is 0. The molecule has 1 aliphatic carbocycles. The van der Waals surface area contributed by atoms with Gasteiger partial charge in [-0.05, 0) is 12.8 Å². The summed E-state index contributed by atoms with van der Waals surface area (Å²) in [5, 5.41) is 8.91. The van der Waals surface area contributed by atoms with Gasteiger partial charge in [-0.25, -0.2) is 9.97 Å². The van der Waals surface area contributed by atoms with Gasteiger partial charge in [0.25, 0.3) is 0 Å². The standard InChI is InChI=1S/C17H26N6O/c1-22-17-14(12-19-22)16(18-6-7-23-8-10-24-11-9-23)20-15(21-17)13-4-2-3-5-13/h12-13H,2-11H2,1H3,(H,18,20,21). The minimum Gasteiger partial charge on any atom is -0.379 e. The maximum absolute atomic E-state index is 5.40. The highest BCUT2D eigenvalue weighted by Crippen LogP contribution is 2.33. The summed E-state index contributed by atoms with van der Waals surface area (Å²) in [6, 6.07) is 0. The predicted octanol–water partition coefficient (Wildman–Crippen LogP) is 1.76. The summed E-state index contributed by atoms with van der Waals surface area (Å²) < 4.78 is 7.25. The molecule has 0 aromatic carbocycles. The molecule has 7 heteroatoms. The zero-order chi connectivity index (χ0) is 16.4. The lowest BCUT2D eigenvalue weighted by Crippen LogP contribution is -2.39. The first-order valence-electron chi connectivity index (χ1n) is 9.05. The molecule has 0 unspecified atom stereocenters. The first-order chi connectivity index (χ1) is 11.8. The van der Waals surface area contributed by atoms with Crippen LogP contribution in [0.25, 0.3) is 11.0 Å². The second-order valence-electron chi connectivity index (χ2n) is 6.80. The smallest absolute Gasteiger partial charge is 0.163 e. The third-order valence-electron chi connectivity index (χ3n) is 5.15. The van der Waals surface area contributed by atoms with Gasteiger partial charge in [-0.15, -0.1) is 0 Å². The van der Waals surface area contributed by atoms with Crippen molar-refractivity contribution in [2.75, 3.05) is 44.7 Å². The zero-order valence-corrected chi connectivity index (χ0v) is 14.4. The molecular formula is C17H26N6O. The van der Waals surface area contributed by atoms with Gasteiger partial charge in [0.15, 0.2) is 5.65 Å². The van der Waals surface area contributed by atoms with Crippen molar-refractivity contribution < 1.29 is 4.74 Å². The number of morpholine rings is 1. The van der Waals surface area contributed by atoms with Crippen LogP contribution in [0, 0.1) is 0 Å². The maximum atomic E-state index is 5.40. The van der Waals surface area contributed by atoms with Crippen LogP contribution >= 0.6 is 0 Å². The predicted molar refractivity (Wildman–Crippen MR) is 93.3 cm³/mol. The number of aryl methyl sites for hydroxylation is 1. The lowest BCUT2D eigenvalue weighted by Gasteiger charge is -2.26. The number of fused-ring (bicyclic) bond motifs is 1. The number of nitrogens with zero attached hydrogens (tertiary/aromatic N) is 5. The number of anilines is 1. The minimum absolute atomic E-state index is 0.504. The van der Waals surface area contributed by atoms with Crippen molar-refractivity contribution in [2.45, 2.75) is 31.6 Å². The summed E-state index contributed by atoms with van der Waals surface area (Å²) in [6.07, 6.45) is 6.85. The molecule has 2 aliphatic rings. The van der Waals surface area contributed by atoms with E-state index in [4.69, 9.17) is 14.7 Å². The number of hydrogen-bond acceptors (Lipinski definition) is 6. The van der Waals surface area contributed by atoms with E-state index in [-0.39, 0.29) is 0 Å². The molecule has 0 amide bonds. The summed E-state index contributed by atoms with van der Waals surface area (Å²) in [6.45, 7) is 5.60. The quantitative estimate of drug-likeness (QED) is 0.901. The molecule has 2 aromatic rings. The second-order valence-corrected chi connectivity index (χ2v) is 6.80. The molecule has 1 N–H and O–H groups in total. The summed E-state index contributed by atoms with van der Waals surface area (Å²) in [4.78, 5) is 12.1. The van der Waals surface area contributed by atoms with E-state index in [0.717, 1.165) is 62.1 Å². The molecule has 2 fully saturated rings. The van der Waals surface area contributed by atoms with Gasteiger partial charge in [0.1, 0.15) is 11.6 Å². The fourth-order valence-corrected chi connectivity index (χ4v) is 3.70. The highest BCUT2D eigenvalue weighted by Gasteiger charge is 2.22. The van der Waals surface area contributed by atoms with Crippen LogP contribution in [-0.2, 0) is 11.8 Å². The Kier molecular flexibility index (Phi) is 4.62. The van der Waals surface area contributed by atoms with E-state index in [1.165, 1.54) is 25.7 Å². The normalized spacial score (nSPS) is 20.0. The number of nitrogens with one attached hydrogen (secondary N) is 1. The van der Waals surface area contributed by atoms with E-state index in [1.54, 1.807) is 0 Å². The van der Waals surface area contributed by atoms with Gasteiger partial charge in [0.05, 0.1) is 24.8 Å². The van der Waals surface area contributed by atoms with E-state index in [0.29, 0.717) is 5.92 Å². The van der Waals surface area contributed by atoms with E-state index >= 15 is 0 Å². The SMILES string of the molecule is Cn1ncc2c(NCCN3CCOCC3)nc(C3CCCC3)nc21. The van der Waals surface area contributed by atoms with E-state index in [1.807, 2.05) is 17.9 Å². The van der Waals surface area contributed by atoms with Gasteiger partial charge in [-0.2, -0.15) is 5.10 Å². The molecule has 0 bridgehead atoms. The minimum atomic E-state index is 0.504. The summed E-state index contributed by atoms with van der Waals surface area (Å²) in [7, 11) is 1.95. The Bertz CT molecular complexity index is 688. The first kappa shape index (κ1) is 15.8. The molecular weight excluding hydrogens is 304 g/mol. The maximum Gasteiger partial charge on any atom is 0.163 e. The molecule has 1 saturated heterocycles. The van der Waals surface area contributed by atoms with Crippen molar-refractivity contribution in [3.05, 3.63) is 12.0 Å². The van der Waals surface area contributed by atoms with Crippen molar-refractivity contribution in [1.29, 1.82) is 0 Å². The molecule has 3 heterocycles. The molecule has 2 aromatic heterocycles. The second kappa shape index (κ2) is 7.03. The Hall–Kier alpha value is -1.73. The van der Waals surface area contributed by atoms with Crippen molar-refractivity contribution in [1.82, 2.24) is 24.6 Å². The van der Waals surface area contributed by atoms with E-state index < -0.39 is 0 Å². The molecule has 0 atom stereocenters. The largest absolute Gasteiger partial charge is 0.379 e. The van der Waals surface area contributed by atoms with Crippen molar-refractivity contribution >= 4 is 16.9 Å². The van der Waals surface area contributed by atoms with Gasteiger partial charge in [-0.3, -0.25) is 9.58 Å². The third-order valence-corrected chi connectivity index (χ3v) is 5.15. The third kappa shape index (κ3) is 3.23. The Balaban J connectivity index is 1.51. The Morgan fingerprint density at radius 2 is 2.00 bits per heavy atom. The van der Waals surface area contributed by atoms with Gasteiger partial charge >= 0.3 is 0 Å². The molecule has 1 saturated carbocycles. The molecule has 4 rings (SSSR count). The Labute approximate surface area is 142 Å². The number of aromatic nitrogens is 4.